The van der Waals surface area contributed by atoms with E-state index in [-0.39, 0.29) is 16.3 Å². The maximum Gasteiger partial charge on any atom is 0.123 e. The van der Waals surface area contributed by atoms with Gasteiger partial charge in [0, 0.05) is 6.26 Å². The summed E-state index contributed by atoms with van der Waals surface area (Å²) in [5.41, 5.74) is 1.37. The summed E-state index contributed by atoms with van der Waals surface area (Å²) in [6, 6.07) is 11.9. The van der Waals surface area contributed by atoms with Crippen LogP contribution in [0.25, 0.3) is 9.44 Å². The van der Waals surface area contributed by atoms with Crippen LogP contribution >= 0.6 is 0 Å². The Labute approximate surface area is 130 Å². The zero-order valence-corrected chi connectivity index (χ0v) is 13.6. The highest BCUT2D eigenvalue weighted by molar-refractivity contribution is 7.94. The fourth-order valence-corrected chi connectivity index (χ4v) is 3.16. The summed E-state index contributed by atoms with van der Waals surface area (Å²) in [5.74, 6) is 0. The van der Waals surface area contributed by atoms with Gasteiger partial charge in [0.2, 0.25) is 0 Å². The maximum absolute atomic E-state index is 12.1. The van der Waals surface area contributed by atoms with Crippen LogP contribution in [0.2, 0.25) is 0 Å². The van der Waals surface area contributed by atoms with Crippen molar-refractivity contribution in [3.05, 3.63) is 63.5 Å². The third-order valence-corrected chi connectivity index (χ3v) is 4.53. The number of hydrogen-bond acceptors (Lipinski definition) is 4. The Morgan fingerprint density at radius 1 is 0.727 bits per heavy atom. The first-order chi connectivity index (χ1) is 10.2. The number of aryl methyl sites for hydroxylation is 1. The van der Waals surface area contributed by atoms with E-state index in [9.17, 15) is 16.8 Å². The Kier molecular flexibility index (Phi) is 4.43. The Hall–Kier alpha value is -2.06. The Bertz CT molecular complexity index is 856. The van der Waals surface area contributed by atoms with E-state index in [0.29, 0.717) is 0 Å². The van der Waals surface area contributed by atoms with Crippen LogP contribution < -0.4 is 0 Å². The summed E-state index contributed by atoms with van der Waals surface area (Å²) in [6.45, 7) is 1.86. The summed E-state index contributed by atoms with van der Waals surface area (Å²) in [7, 11) is -7.30. The Morgan fingerprint density at radius 2 is 1.18 bits per heavy atom. The van der Waals surface area contributed by atoms with Crippen molar-refractivity contribution in [2.24, 2.45) is 0 Å². The van der Waals surface area contributed by atoms with E-state index in [1.54, 1.807) is 12.1 Å². The van der Waals surface area contributed by atoms with Gasteiger partial charge in [-0.1, -0.05) is 42.0 Å². The summed E-state index contributed by atoms with van der Waals surface area (Å²) in [5, 5.41) is 0. The highest BCUT2D eigenvalue weighted by Gasteiger charge is 2.03. The van der Waals surface area contributed by atoms with Gasteiger partial charge in [0.1, 0.15) is 10.0 Å². The lowest BCUT2D eigenvalue weighted by molar-refractivity contribution is 0.602. The van der Waals surface area contributed by atoms with Gasteiger partial charge in [0.15, 0.2) is 0 Å². The predicted octanol–water partition coefficient (Wildman–Crippen LogP) is 3.35. The normalized spacial score (nSPS) is 11.9. The van der Waals surface area contributed by atoms with Gasteiger partial charge < -0.3 is 9.44 Å². The molecule has 118 valence electrons. The Morgan fingerprint density at radius 3 is 1.64 bits per heavy atom. The summed E-state index contributed by atoms with van der Waals surface area (Å²) < 4.78 is 53.6. The van der Waals surface area contributed by atoms with Gasteiger partial charge in [-0.3, -0.25) is 0 Å². The van der Waals surface area contributed by atoms with Crippen molar-refractivity contribution in [1.82, 2.24) is 0 Å². The van der Waals surface area contributed by atoms with E-state index in [2.05, 4.69) is 9.44 Å². The van der Waals surface area contributed by atoms with Gasteiger partial charge in [-0.15, -0.1) is 11.4 Å². The lowest BCUT2D eigenvalue weighted by Gasteiger charge is -2.24. The largest absolute Gasteiger partial charge is 0.577 e. The molecule has 22 heavy (non-hydrogen) atoms. The molecule has 0 heterocycles. The number of nitrogens with zero attached hydrogens (tertiary/aromatic N) is 2. The first kappa shape index (κ1) is 16.3. The summed E-state index contributed by atoms with van der Waals surface area (Å²) >= 11 is 0. The molecule has 0 spiro atoms. The van der Waals surface area contributed by atoms with Crippen LogP contribution in [0.4, 0.5) is 11.4 Å². The fourth-order valence-electron chi connectivity index (χ4n) is 1.67. The van der Waals surface area contributed by atoms with Crippen molar-refractivity contribution in [2.75, 3.05) is 6.26 Å². The molecule has 2 rings (SSSR count). The smallest absolute Gasteiger partial charge is 0.123 e. The molecule has 0 atom stereocenters. The molecular formula is C14H14N2O4S2-2. The zero-order valence-electron chi connectivity index (χ0n) is 12.0. The minimum atomic E-state index is -3.80. The van der Waals surface area contributed by atoms with E-state index < -0.39 is 20.0 Å². The van der Waals surface area contributed by atoms with Crippen molar-refractivity contribution in [3.8, 4) is 0 Å². The van der Waals surface area contributed by atoms with Crippen LogP contribution in [0.1, 0.15) is 5.56 Å². The topological polar surface area (TPSA) is 96.5 Å². The molecule has 6 nitrogen and oxygen atoms in total. The molecule has 8 heteroatoms. The summed E-state index contributed by atoms with van der Waals surface area (Å²) in [4.78, 5) is 0.100. The van der Waals surface area contributed by atoms with E-state index in [0.717, 1.165) is 11.8 Å². The summed E-state index contributed by atoms with van der Waals surface area (Å²) in [6.07, 6.45) is 0.979. The van der Waals surface area contributed by atoms with Gasteiger partial charge in [0.25, 0.3) is 0 Å². The van der Waals surface area contributed by atoms with Crippen molar-refractivity contribution < 1.29 is 16.8 Å². The van der Waals surface area contributed by atoms with E-state index in [1.165, 1.54) is 36.4 Å². The molecule has 0 bridgehead atoms. The van der Waals surface area contributed by atoms with Crippen LogP contribution in [-0.4, -0.2) is 23.1 Å². The molecule has 0 fully saturated rings. The van der Waals surface area contributed by atoms with Gasteiger partial charge in [-0.05, 0) is 19.1 Å². The quantitative estimate of drug-likeness (QED) is 0.835. The van der Waals surface area contributed by atoms with E-state index >= 15 is 0 Å². The molecule has 2 aromatic carbocycles. The third-order valence-electron chi connectivity index (χ3n) is 2.67. The molecule has 0 saturated carbocycles. The van der Waals surface area contributed by atoms with Crippen molar-refractivity contribution in [2.45, 2.75) is 11.8 Å². The highest BCUT2D eigenvalue weighted by atomic mass is 32.2. The second-order valence-electron chi connectivity index (χ2n) is 4.72. The van der Waals surface area contributed by atoms with E-state index in [1.807, 2.05) is 6.92 Å². The SMILES string of the molecule is Cc1ccc(S(=O)(=O)[N-]c2ccc([N-]S(C)(=O)=O)cc2)cc1. The van der Waals surface area contributed by atoms with Crippen molar-refractivity contribution >= 4 is 31.4 Å². The minimum Gasteiger partial charge on any atom is -0.577 e. The van der Waals surface area contributed by atoms with Crippen molar-refractivity contribution in [1.29, 1.82) is 0 Å². The number of hydrogen-bond donors (Lipinski definition) is 0. The van der Waals surface area contributed by atoms with Crippen molar-refractivity contribution in [3.63, 3.8) is 0 Å². The van der Waals surface area contributed by atoms with Crippen LogP contribution in [-0.2, 0) is 20.0 Å². The molecule has 2 aromatic rings. The molecule has 0 amide bonds. The lowest BCUT2D eigenvalue weighted by atomic mass is 10.2. The van der Waals surface area contributed by atoms with E-state index in [4.69, 9.17) is 0 Å². The molecule has 0 saturated heterocycles. The molecular weight excluding hydrogens is 324 g/mol. The molecule has 0 aliphatic rings. The fraction of sp³-hybridized carbons (Fsp3) is 0.143. The average molecular weight is 338 g/mol. The average Bonchev–Trinajstić information content (AvgIpc) is 2.39. The third kappa shape index (κ3) is 4.47. The van der Waals surface area contributed by atoms with Crippen LogP contribution in [0.15, 0.2) is 53.4 Å². The first-order valence-electron chi connectivity index (χ1n) is 6.23. The van der Waals surface area contributed by atoms with Gasteiger partial charge in [0.05, 0.1) is 14.9 Å². The molecule has 0 aliphatic heterocycles. The minimum absolute atomic E-state index is 0.100. The number of sulfonamides is 2. The standard InChI is InChI=1S/C14H14N2O4S2/c1-11-3-9-14(10-4-11)22(19,20)16-13-7-5-12(6-8-13)15-21(2,17)18/h3-10H,1-2H3/q-2. The highest BCUT2D eigenvalue weighted by Crippen LogP contribution is 2.31. The van der Waals surface area contributed by atoms with Gasteiger partial charge in [-0.2, -0.15) is 0 Å². The van der Waals surface area contributed by atoms with Gasteiger partial charge in [-0.25, -0.2) is 16.8 Å². The number of benzene rings is 2. The molecule has 0 radical (unpaired) electrons. The first-order valence-corrected chi connectivity index (χ1v) is 9.52. The van der Waals surface area contributed by atoms with Gasteiger partial charge >= 0.3 is 0 Å². The lowest BCUT2D eigenvalue weighted by Crippen LogP contribution is -1.97. The molecule has 0 aromatic heterocycles. The second-order valence-corrected chi connectivity index (χ2v) is 7.97. The number of rotatable bonds is 5. The Balaban J connectivity index is 2.18. The van der Waals surface area contributed by atoms with Crippen LogP contribution in [0.5, 0.6) is 0 Å². The van der Waals surface area contributed by atoms with Crippen LogP contribution in [0.3, 0.4) is 0 Å². The second kappa shape index (κ2) is 5.98. The zero-order chi connectivity index (χ0) is 16.4. The monoisotopic (exact) mass is 338 g/mol. The van der Waals surface area contributed by atoms with Crippen LogP contribution in [0, 0.1) is 6.92 Å². The molecule has 0 N–H and O–H groups in total. The molecule has 0 unspecified atom stereocenters. The molecule has 0 aliphatic carbocycles. The maximum atomic E-state index is 12.1. The predicted molar refractivity (Wildman–Crippen MR) is 85.7 cm³/mol.